The molecule has 0 spiro atoms. The standard InChI is InChI=1S/C15H20ClNO4/c1-20-13-10-11(16)9-12(15(18)19)14(13)21-8-7-17-5-3-2-4-6-17/h9-10H,2-8H2,1H3,(H,18,19). The highest BCUT2D eigenvalue weighted by molar-refractivity contribution is 6.31. The van der Waals surface area contributed by atoms with E-state index < -0.39 is 5.97 Å². The van der Waals surface area contributed by atoms with E-state index in [1.807, 2.05) is 0 Å². The molecule has 1 aliphatic rings. The first kappa shape index (κ1) is 15.9. The monoisotopic (exact) mass is 313 g/mol. The Hall–Kier alpha value is -1.46. The Morgan fingerprint density at radius 1 is 1.33 bits per heavy atom. The molecule has 1 heterocycles. The van der Waals surface area contributed by atoms with Crippen molar-refractivity contribution in [2.24, 2.45) is 0 Å². The molecule has 0 radical (unpaired) electrons. The lowest BCUT2D eigenvalue weighted by Gasteiger charge is -2.26. The molecule has 0 atom stereocenters. The SMILES string of the molecule is COc1cc(Cl)cc(C(=O)O)c1OCCN1CCCCC1. The summed E-state index contributed by atoms with van der Waals surface area (Å²) in [7, 11) is 1.47. The zero-order valence-electron chi connectivity index (χ0n) is 12.1. The van der Waals surface area contributed by atoms with Gasteiger partial charge in [0.15, 0.2) is 11.5 Å². The van der Waals surface area contributed by atoms with E-state index in [1.165, 1.54) is 32.4 Å². The fourth-order valence-corrected chi connectivity index (χ4v) is 2.70. The van der Waals surface area contributed by atoms with Crippen LogP contribution in [0.4, 0.5) is 0 Å². The Kier molecular flexibility index (Phi) is 5.70. The molecule has 1 aromatic carbocycles. The number of ether oxygens (including phenoxy) is 2. The average Bonchev–Trinajstić information content (AvgIpc) is 2.49. The Bertz CT molecular complexity index is 501. The molecule has 116 valence electrons. The van der Waals surface area contributed by atoms with Crippen molar-refractivity contribution in [2.75, 3.05) is 33.4 Å². The summed E-state index contributed by atoms with van der Waals surface area (Å²) in [4.78, 5) is 13.6. The number of hydrogen-bond acceptors (Lipinski definition) is 4. The fourth-order valence-electron chi connectivity index (χ4n) is 2.49. The van der Waals surface area contributed by atoms with Gasteiger partial charge in [-0.1, -0.05) is 18.0 Å². The zero-order chi connectivity index (χ0) is 15.2. The predicted molar refractivity (Wildman–Crippen MR) is 80.7 cm³/mol. The number of hydrogen-bond donors (Lipinski definition) is 1. The number of methoxy groups -OCH3 is 1. The first-order chi connectivity index (χ1) is 10.1. The van der Waals surface area contributed by atoms with E-state index in [0.717, 1.165) is 19.6 Å². The lowest BCUT2D eigenvalue weighted by Crippen LogP contribution is -2.33. The summed E-state index contributed by atoms with van der Waals surface area (Å²) in [5.41, 5.74) is 0.0259. The van der Waals surface area contributed by atoms with Crippen molar-refractivity contribution in [1.82, 2.24) is 4.90 Å². The van der Waals surface area contributed by atoms with Crippen molar-refractivity contribution in [1.29, 1.82) is 0 Å². The first-order valence-electron chi connectivity index (χ1n) is 7.08. The van der Waals surface area contributed by atoms with Crippen molar-refractivity contribution >= 4 is 17.6 Å². The third-order valence-corrected chi connectivity index (χ3v) is 3.79. The molecule has 0 bridgehead atoms. The molecular weight excluding hydrogens is 294 g/mol. The Labute approximate surface area is 129 Å². The number of likely N-dealkylation sites (tertiary alicyclic amines) is 1. The lowest BCUT2D eigenvalue weighted by molar-refractivity contribution is 0.0690. The molecule has 6 heteroatoms. The number of carboxylic acids is 1. The highest BCUT2D eigenvalue weighted by Gasteiger charge is 2.19. The van der Waals surface area contributed by atoms with E-state index in [-0.39, 0.29) is 11.3 Å². The highest BCUT2D eigenvalue weighted by Crippen LogP contribution is 2.34. The van der Waals surface area contributed by atoms with Crippen LogP contribution in [0.15, 0.2) is 12.1 Å². The quantitative estimate of drug-likeness (QED) is 0.875. The summed E-state index contributed by atoms with van der Waals surface area (Å²) in [6.07, 6.45) is 3.71. The summed E-state index contributed by atoms with van der Waals surface area (Å²) in [5.74, 6) is -0.492. The van der Waals surface area contributed by atoms with E-state index in [1.54, 1.807) is 6.07 Å². The normalized spacial score (nSPS) is 15.7. The van der Waals surface area contributed by atoms with E-state index >= 15 is 0 Å². The number of piperidine rings is 1. The Morgan fingerprint density at radius 3 is 2.67 bits per heavy atom. The second-order valence-corrected chi connectivity index (χ2v) is 5.48. The molecule has 1 aliphatic heterocycles. The maximum atomic E-state index is 11.3. The van der Waals surface area contributed by atoms with Crippen LogP contribution in [-0.4, -0.2) is 49.3 Å². The first-order valence-corrected chi connectivity index (χ1v) is 7.45. The van der Waals surface area contributed by atoms with Gasteiger partial charge in [-0.2, -0.15) is 0 Å². The zero-order valence-corrected chi connectivity index (χ0v) is 12.9. The third kappa shape index (κ3) is 4.25. The van der Waals surface area contributed by atoms with Gasteiger partial charge in [0.2, 0.25) is 0 Å². The summed E-state index contributed by atoms with van der Waals surface area (Å²) in [5, 5.41) is 9.57. The molecule has 5 nitrogen and oxygen atoms in total. The van der Waals surface area contributed by atoms with Gasteiger partial charge in [0.1, 0.15) is 12.2 Å². The van der Waals surface area contributed by atoms with E-state index in [9.17, 15) is 9.90 Å². The summed E-state index contributed by atoms with van der Waals surface area (Å²) < 4.78 is 10.8. The number of carboxylic acid groups (broad SMARTS) is 1. The van der Waals surface area contributed by atoms with Crippen LogP contribution in [0.3, 0.4) is 0 Å². The van der Waals surface area contributed by atoms with Gasteiger partial charge in [0.05, 0.1) is 7.11 Å². The molecule has 1 saturated heterocycles. The minimum absolute atomic E-state index is 0.0259. The lowest BCUT2D eigenvalue weighted by atomic mass is 10.1. The average molecular weight is 314 g/mol. The van der Waals surface area contributed by atoms with E-state index in [0.29, 0.717) is 17.4 Å². The van der Waals surface area contributed by atoms with E-state index in [4.69, 9.17) is 21.1 Å². The molecule has 2 rings (SSSR count). The number of nitrogens with zero attached hydrogens (tertiary/aromatic N) is 1. The summed E-state index contributed by atoms with van der Waals surface area (Å²) in [6, 6.07) is 2.94. The van der Waals surface area contributed by atoms with Crippen LogP contribution in [0.5, 0.6) is 11.5 Å². The summed E-state index contributed by atoms with van der Waals surface area (Å²) in [6.45, 7) is 3.36. The second-order valence-electron chi connectivity index (χ2n) is 5.04. The smallest absolute Gasteiger partial charge is 0.339 e. The molecule has 0 unspecified atom stereocenters. The second kappa shape index (κ2) is 7.52. The summed E-state index contributed by atoms with van der Waals surface area (Å²) >= 11 is 5.89. The van der Waals surface area contributed by atoms with Gasteiger partial charge < -0.3 is 14.6 Å². The van der Waals surface area contributed by atoms with Crippen molar-refractivity contribution in [3.8, 4) is 11.5 Å². The van der Waals surface area contributed by atoms with Gasteiger partial charge >= 0.3 is 5.97 Å². The van der Waals surface area contributed by atoms with E-state index in [2.05, 4.69) is 4.90 Å². The molecule has 1 aromatic rings. The van der Waals surface area contributed by atoms with Crippen LogP contribution in [0, 0.1) is 0 Å². The van der Waals surface area contributed by atoms with Crippen LogP contribution in [0.1, 0.15) is 29.6 Å². The van der Waals surface area contributed by atoms with Crippen molar-refractivity contribution in [3.05, 3.63) is 22.7 Å². The largest absolute Gasteiger partial charge is 0.493 e. The molecular formula is C15H20ClNO4. The van der Waals surface area contributed by atoms with Crippen molar-refractivity contribution in [2.45, 2.75) is 19.3 Å². The van der Waals surface area contributed by atoms with Gasteiger partial charge in [0.25, 0.3) is 0 Å². The number of benzene rings is 1. The van der Waals surface area contributed by atoms with Crippen LogP contribution in [-0.2, 0) is 0 Å². The minimum Gasteiger partial charge on any atom is -0.493 e. The van der Waals surface area contributed by atoms with Crippen molar-refractivity contribution in [3.63, 3.8) is 0 Å². The number of rotatable bonds is 6. The highest BCUT2D eigenvalue weighted by atomic mass is 35.5. The third-order valence-electron chi connectivity index (χ3n) is 3.57. The van der Waals surface area contributed by atoms with Crippen molar-refractivity contribution < 1.29 is 19.4 Å². The maximum Gasteiger partial charge on any atom is 0.339 e. The molecule has 21 heavy (non-hydrogen) atoms. The van der Waals surface area contributed by atoms with Gasteiger partial charge in [-0.05, 0) is 32.0 Å². The van der Waals surface area contributed by atoms with Crippen LogP contribution in [0.25, 0.3) is 0 Å². The van der Waals surface area contributed by atoms with Gasteiger partial charge in [-0.25, -0.2) is 4.79 Å². The van der Waals surface area contributed by atoms with Crippen LogP contribution < -0.4 is 9.47 Å². The maximum absolute atomic E-state index is 11.3. The molecule has 1 fully saturated rings. The molecule has 0 aliphatic carbocycles. The Morgan fingerprint density at radius 2 is 2.05 bits per heavy atom. The van der Waals surface area contributed by atoms with Gasteiger partial charge in [0, 0.05) is 17.6 Å². The fraction of sp³-hybridized carbons (Fsp3) is 0.533. The van der Waals surface area contributed by atoms with Gasteiger partial charge in [-0.3, -0.25) is 4.90 Å². The predicted octanol–water partition coefficient (Wildman–Crippen LogP) is 2.91. The molecule has 0 aromatic heterocycles. The van der Waals surface area contributed by atoms with Crippen LogP contribution in [0.2, 0.25) is 5.02 Å². The van der Waals surface area contributed by atoms with Gasteiger partial charge in [-0.15, -0.1) is 0 Å². The number of carbonyl (C=O) groups is 1. The Balaban J connectivity index is 2.05. The minimum atomic E-state index is -1.08. The van der Waals surface area contributed by atoms with Crippen LogP contribution >= 0.6 is 11.6 Å². The number of aromatic carboxylic acids is 1. The molecule has 1 N–H and O–H groups in total. The topological polar surface area (TPSA) is 59.0 Å². The molecule has 0 amide bonds. The number of halogens is 1. The molecule has 0 saturated carbocycles.